The van der Waals surface area contributed by atoms with Gasteiger partial charge in [0.15, 0.2) is 5.79 Å². The maximum absolute atomic E-state index is 6.45. The highest BCUT2D eigenvalue weighted by Crippen LogP contribution is 2.51. The van der Waals surface area contributed by atoms with Crippen LogP contribution in [0.2, 0.25) is 0 Å². The third-order valence-corrected chi connectivity index (χ3v) is 4.83. The Morgan fingerprint density at radius 2 is 2.00 bits per heavy atom. The van der Waals surface area contributed by atoms with E-state index in [1.807, 2.05) is 32.0 Å². The van der Waals surface area contributed by atoms with Crippen LogP contribution >= 0.6 is 0 Å². The van der Waals surface area contributed by atoms with Crippen molar-refractivity contribution in [2.45, 2.75) is 44.0 Å². The van der Waals surface area contributed by atoms with Crippen LogP contribution < -0.4 is 5.73 Å². The minimum Gasteiger partial charge on any atom is -0.376 e. The van der Waals surface area contributed by atoms with Crippen molar-refractivity contribution >= 4 is 0 Å². The summed E-state index contributed by atoms with van der Waals surface area (Å²) in [5.74, 6) is 5.96. The van der Waals surface area contributed by atoms with Gasteiger partial charge in [-0.2, -0.15) is 0 Å². The van der Waals surface area contributed by atoms with Gasteiger partial charge in [-0.3, -0.25) is 0 Å². The Balaban J connectivity index is 1.45. The fraction of sp³-hybridized carbons (Fsp3) is 0.556. The molecule has 4 nitrogen and oxygen atoms in total. The van der Waals surface area contributed by atoms with Crippen LogP contribution in [0.3, 0.4) is 0 Å². The van der Waals surface area contributed by atoms with Crippen LogP contribution in [0.15, 0.2) is 30.3 Å². The second kappa shape index (κ2) is 4.81. The van der Waals surface area contributed by atoms with Crippen molar-refractivity contribution < 1.29 is 14.2 Å². The zero-order valence-corrected chi connectivity index (χ0v) is 12.9. The summed E-state index contributed by atoms with van der Waals surface area (Å²) >= 11 is 0. The number of hydrogen-bond acceptors (Lipinski definition) is 4. The molecule has 5 atom stereocenters. The Morgan fingerprint density at radius 3 is 2.68 bits per heavy atom. The molecule has 0 spiro atoms. The molecule has 0 aromatic heterocycles. The molecule has 4 rings (SSSR count). The normalized spacial score (nSPS) is 40.3. The van der Waals surface area contributed by atoms with Gasteiger partial charge in [0.2, 0.25) is 0 Å². The maximum Gasteiger partial charge on any atom is 0.163 e. The summed E-state index contributed by atoms with van der Waals surface area (Å²) < 4.78 is 18.0. The summed E-state index contributed by atoms with van der Waals surface area (Å²) in [7, 11) is 0. The first-order valence-corrected chi connectivity index (χ1v) is 7.78. The smallest absolute Gasteiger partial charge is 0.163 e. The fourth-order valence-corrected chi connectivity index (χ4v) is 3.77. The lowest BCUT2D eigenvalue weighted by atomic mass is 9.77. The van der Waals surface area contributed by atoms with Crippen molar-refractivity contribution in [3.05, 3.63) is 35.9 Å². The zero-order chi connectivity index (χ0) is 15.4. The Morgan fingerprint density at radius 1 is 1.23 bits per heavy atom. The van der Waals surface area contributed by atoms with Gasteiger partial charge in [0, 0.05) is 5.92 Å². The van der Waals surface area contributed by atoms with E-state index in [1.165, 1.54) is 5.56 Å². The lowest BCUT2D eigenvalue weighted by Gasteiger charge is -2.36. The summed E-state index contributed by atoms with van der Waals surface area (Å²) in [6.45, 7) is 5.04. The lowest BCUT2D eigenvalue weighted by Crippen LogP contribution is -2.57. The molecule has 1 aromatic rings. The van der Waals surface area contributed by atoms with Gasteiger partial charge in [-0.05, 0) is 19.4 Å². The standard InChI is InChI=1S/C18H21NO3/c1-17(2)21-15-13(11-20-10-12-6-4-3-5-7-12)14-8-9-18(14,19)16(15)22-17/h3-7,13-16H,10-11,19H2,1-2H3/t13?,14-,15+,16+,18+/m0/s1. The van der Waals surface area contributed by atoms with E-state index in [0.717, 1.165) is 0 Å². The van der Waals surface area contributed by atoms with Crippen LogP contribution in [0.25, 0.3) is 0 Å². The van der Waals surface area contributed by atoms with Crippen LogP contribution in [0, 0.1) is 23.7 Å². The van der Waals surface area contributed by atoms with E-state index in [4.69, 9.17) is 19.9 Å². The molecule has 116 valence electrons. The van der Waals surface area contributed by atoms with Gasteiger partial charge in [0.1, 0.15) is 11.6 Å². The van der Waals surface area contributed by atoms with Crippen molar-refractivity contribution in [1.29, 1.82) is 0 Å². The van der Waals surface area contributed by atoms with Crippen molar-refractivity contribution in [2.75, 3.05) is 6.61 Å². The molecule has 22 heavy (non-hydrogen) atoms. The average Bonchev–Trinajstić information content (AvgIpc) is 2.86. The van der Waals surface area contributed by atoms with Crippen LogP contribution in [-0.4, -0.2) is 30.1 Å². The average molecular weight is 299 g/mol. The number of benzene rings is 1. The molecule has 4 heteroatoms. The third-order valence-electron chi connectivity index (χ3n) is 4.83. The highest BCUT2D eigenvalue weighted by molar-refractivity contribution is 5.43. The second-order valence-electron chi connectivity index (χ2n) is 6.87. The molecule has 1 saturated heterocycles. The summed E-state index contributed by atoms with van der Waals surface area (Å²) in [6, 6.07) is 10.2. The third kappa shape index (κ3) is 2.09. The highest BCUT2D eigenvalue weighted by atomic mass is 16.8. The molecule has 1 saturated carbocycles. The first kappa shape index (κ1) is 14.2. The molecule has 0 amide bonds. The Kier molecular flexibility index (Phi) is 3.11. The topological polar surface area (TPSA) is 53.7 Å². The van der Waals surface area contributed by atoms with E-state index in [9.17, 15) is 0 Å². The highest BCUT2D eigenvalue weighted by Gasteiger charge is 2.67. The van der Waals surface area contributed by atoms with Crippen LogP contribution in [0.1, 0.15) is 19.4 Å². The molecule has 0 radical (unpaired) electrons. The van der Waals surface area contributed by atoms with Gasteiger partial charge in [-0.1, -0.05) is 42.2 Å². The summed E-state index contributed by atoms with van der Waals surface area (Å²) in [6.07, 6.45) is -0.206. The molecule has 1 unspecified atom stereocenters. The molecule has 1 heterocycles. The number of ether oxygens (including phenoxy) is 3. The van der Waals surface area contributed by atoms with Gasteiger partial charge in [-0.25, -0.2) is 0 Å². The van der Waals surface area contributed by atoms with E-state index >= 15 is 0 Å². The molecule has 0 bridgehead atoms. The maximum atomic E-state index is 6.45. The molecule has 1 aliphatic heterocycles. The van der Waals surface area contributed by atoms with Crippen LogP contribution in [0.4, 0.5) is 0 Å². The fourth-order valence-electron chi connectivity index (χ4n) is 3.77. The Labute approximate surface area is 130 Å². The molecule has 3 aliphatic rings. The van der Waals surface area contributed by atoms with Gasteiger partial charge < -0.3 is 19.9 Å². The number of nitrogens with two attached hydrogens (primary N) is 1. The van der Waals surface area contributed by atoms with E-state index in [2.05, 4.69) is 24.0 Å². The van der Waals surface area contributed by atoms with Crippen molar-refractivity contribution in [2.24, 2.45) is 17.6 Å². The quantitative estimate of drug-likeness (QED) is 0.860. The lowest BCUT2D eigenvalue weighted by molar-refractivity contribution is -0.167. The second-order valence-corrected chi connectivity index (χ2v) is 6.87. The van der Waals surface area contributed by atoms with Gasteiger partial charge in [0.05, 0.1) is 25.2 Å². The van der Waals surface area contributed by atoms with Gasteiger partial charge in [-0.15, -0.1) is 0 Å². The monoisotopic (exact) mass is 299 g/mol. The first-order chi connectivity index (χ1) is 10.5. The number of hydrogen-bond donors (Lipinski definition) is 1. The van der Waals surface area contributed by atoms with E-state index < -0.39 is 11.3 Å². The number of rotatable bonds is 4. The van der Waals surface area contributed by atoms with Crippen LogP contribution in [0.5, 0.6) is 0 Å². The molecule has 2 N–H and O–H groups in total. The van der Waals surface area contributed by atoms with Crippen molar-refractivity contribution in [1.82, 2.24) is 0 Å². The largest absolute Gasteiger partial charge is 0.376 e. The zero-order valence-electron chi connectivity index (χ0n) is 12.9. The Hall–Kier alpha value is -1.38. The molecular formula is C18H21NO3. The van der Waals surface area contributed by atoms with E-state index in [1.54, 1.807) is 0 Å². The Bertz CT molecular complexity index is 633. The van der Waals surface area contributed by atoms with Crippen molar-refractivity contribution in [3.63, 3.8) is 0 Å². The van der Waals surface area contributed by atoms with Crippen LogP contribution in [-0.2, 0) is 20.8 Å². The summed E-state index contributed by atoms with van der Waals surface area (Å²) in [5, 5.41) is 0. The molecule has 2 aliphatic carbocycles. The van der Waals surface area contributed by atoms with E-state index in [-0.39, 0.29) is 24.0 Å². The van der Waals surface area contributed by atoms with E-state index in [0.29, 0.717) is 13.2 Å². The van der Waals surface area contributed by atoms with Crippen molar-refractivity contribution in [3.8, 4) is 11.8 Å². The number of fused-ring (bicyclic) bond motifs is 3. The summed E-state index contributed by atoms with van der Waals surface area (Å²) in [5.41, 5.74) is 7.05. The minimum absolute atomic E-state index is 0.0525. The predicted molar refractivity (Wildman–Crippen MR) is 81.6 cm³/mol. The van der Waals surface area contributed by atoms with Gasteiger partial charge >= 0.3 is 0 Å². The predicted octanol–water partition coefficient (Wildman–Crippen LogP) is 1.68. The minimum atomic E-state index is -0.596. The SMILES string of the molecule is CC1(C)O[C@@H]2C(COCc3ccccc3)[C@@H]3C#C[C@]3(N)[C@@H]2O1. The first-order valence-electron chi connectivity index (χ1n) is 7.78. The molecule has 1 aromatic carbocycles. The molecular weight excluding hydrogens is 278 g/mol. The molecule has 2 fully saturated rings. The van der Waals surface area contributed by atoms with Gasteiger partial charge in [0.25, 0.3) is 0 Å². The summed E-state index contributed by atoms with van der Waals surface area (Å²) in [4.78, 5) is 0.